The van der Waals surface area contributed by atoms with Gasteiger partial charge in [-0.15, -0.1) is 0 Å². The quantitative estimate of drug-likeness (QED) is 0.0222. The molecule has 0 aromatic rings. The third-order valence-corrected chi connectivity index (χ3v) is 21.6. The van der Waals surface area contributed by atoms with Crippen molar-refractivity contribution in [1.82, 2.24) is 0 Å². The van der Waals surface area contributed by atoms with Crippen molar-refractivity contribution in [2.24, 2.45) is 11.8 Å². The van der Waals surface area contributed by atoms with Crippen molar-refractivity contribution in [2.75, 3.05) is 39.6 Å². The van der Waals surface area contributed by atoms with Crippen molar-refractivity contribution in [3.63, 3.8) is 0 Å². The lowest BCUT2D eigenvalue weighted by molar-refractivity contribution is -0.161. The lowest BCUT2D eigenvalue weighted by Crippen LogP contribution is -2.30. The molecule has 0 saturated heterocycles. The molecule has 5 atom stereocenters. The van der Waals surface area contributed by atoms with Crippen LogP contribution in [0.15, 0.2) is 0 Å². The molecule has 0 aliphatic rings. The van der Waals surface area contributed by atoms with E-state index in [1.54, 1.807) is 0 Å². The van der Waals surface area contributed by atoms with Crippen molar-refractivity contribution >= 4 is 39.5 Å². The highest BCUT2D eigenvalue weighted by molar-refractivity contribution is 7.47. The van der Waals surface area contributed by atoms with E-state index in [1.165, 1.54) is 263 Å². The Labute approximate surface area is 632 Å². The number of phosphoric ester groups is 2. The van der Waals surface area contributed by atoms with Gasteiger partial charge >= 0.3 is 39.5 Å². The molecular formula is C84H164O17P2. The van der Waals surface area contributed by atoms with Crippen LogP contribution in [0, 0.1) is 11.8 Å². The average molecular weight is 1510 g/mol. The van der Waals surface area contributed by atoms with Crippen LogP contribution in [-0.4, -0.2) is 96.7 Å². The minimum Gasteiger partial charge on any atom is -0.462 e. The SMILES string of the molecule is CCCCCCCCCCCCCCCCCCCCC(=O)O[C@H](COC(=O)CCCCCCCCCCCCCCCCC(C)C)COP(=O)(O)OC[C@@H](O)COP(=O)(O)OC[C@@H](COC(=O)CCCCCCCCCCCCC)OC(=O)CCCCCCCCCCCCCCCCC(C)C. The summed E-state index contributed by atoms with van der Waals surface area (Å²) in [5.74, 6) is -0.508. The number of esters is 4. The molecule has 103 heavy (non-hydrogen) atoms. The summed E-state index contributed by atoms with van der Waals surface area (Å²) in [6, 6.07) is 0. The summed E-state index contributed by atoms with van der Waals surface area (Å²) < 4.78 is 68.9. The Morgan fingerprint density at radius 3 is 0.660 bits per heavy atom. The zero-order chi connectivity index (χ0) is 75.6. The number of phosphoric acid groups is 2. The maximum absolute atomic E-state index is 13.1. The van der Waals surface area contributed by atoms with Gasteiger partial charge < -0.3 is 33.8 Å². The number of carbonyl (C=O) groups excluding carboxylic acids is 4. The van der Waals surface area contributed by atoms with Crippen molar-refractivity contribution in [1.29, 1.82) is 0 Å². The first kappa shape index (κ1) is 101. The lowest BCUT2D eigenvalue weighted by atomic mass is 10.0. The number of hydrogen-bond acceptors (Lipinski definition) is 15. The third-order valence-electron chi connectivity index (χ3n) is 19.7. The molecule has 0 radical (unpaired) electrons. The Hall–Kier alpha value is -1.94. The normalized spacial score (nSPS) is 13.9. The van der Waals surface area contributed by atoms with E-state index < -0.39 is 97.5 Å². The highest BCUT2D eigenvalue weighted by atomic mass is 31.2. The summed E-state index contributed by atoms with van der Waals surface area (Å²) in [7, 11) is -9.92. The van der Waals surface area contributed by atoms with E-state index in [-0.39, 0.29) is 25.7 Å². The molecule has 3 N–H and O–H groups in total. The van der Waals surface area contributed by atoms with Gasteiger partial charge in [-0.05, 0) is 37.5 Å². The molecule has 0 rings (SSSR count). The van der Waals surface area contributed by atoms with Gasteiger partial charge in [0.1, 0.15) is 19.3 Å². The first-order valence-corrected chi connectivity index (χ1v) is 46.5. The van der Waals surface area contributed by atoms with E-state index >= 15 is 0 Å². The van der Waals surface area contributed by atoms with Gasteiger partial charge in [-0.3, -0.25) is 37.3 Å². The van der Waals surface area contributed by atoms with Crippen molar-refractivity contribution in [3.8, 4) is 0 Å². The summed E-state index contributed by atoms with van der Waals surface area (Å²) in [6.07, 6.45) is 66.5. The highest BCUT2D eigenvalue weighted by Crippen LogP contribution is 2.45. The molecule has 0 spiro atoms. The fourth-order valence-corrected chi connectivity index (χ4v) is 14.6. The smallest absolute Gasteiger partial charge is 0.462 e. The Balaban J connectivity index is 5.25. The molecule has 0 aromatic carbocycles. The van der Waals surface area contributed by atoms with Gasteiger partial charge in [0.25, 0.3) is 0 Å². The van der Waals surface area contributed by atoms with Crippen molar-refractivity contribution in [3.05, 3.63) is 0 Å². The fraction of sp³-hybridized carbons (Fsp3) is 0.952. The van der Waals surface area contributed by atoms with Crippen LogP contribution < -0.4 is 0 Å². The zero-order valence-electron chi connectivity index (χ0n) is 67.6. The number of unbranched alkanes of at least 4 members (excludes halogenated alkanes) is 53. The van der Waals surface area contributed by atoms with Gasteiger partial charge in [0, 0.05) is 25.7 Å². The molecule has 0 aromatic heterocycles. The molecule has 0 aliphatic carbocycles. The summed E-state index contributed by atoms with van der Waals surface area (Å²) in [5.41, 5.74) is 0. The van der Waals surface area contributed by atoms with Gasteiger partial charge in [0.2, 0.25) is 0 Å². The second kappa shape index (κ2) is 75.5. The van der Waals surface area contributed by atoms with E-state index in [9.17, 15) is 43.2 Å². The molecule has 0 fully saturated rings. The Bertz CT molecular complexity index is 1980. The molecule has 612 valence electrons. The minimum absolute atomic E-state index is 0.108. The fourth-order valence-electron chi connectivity index (χ4n) is 13.1. The van der Waals surface area contributed by atoms with Crippen LogP contribution in [0.2, 0.25) is 0 Å². The third kappa shape index (κ3) is 78.0. The first-order valence-electron chi connectivity index (χ1n) is 43.5. The molecular weight excluding hydrogens is 1340 g/mol. The molecule has 0 aliphatic heterocycles. The molecule has 0 amide bonds. The van der Waals surface area contributed by atoms with E-state index in [1.807, 2.05) is 0 Å². The van der Waals surface area contributed by atoms with Crippen molar-refractivity contribution < 1.29 is 80.2 Å². The Kier molecular flexibility index (Phi) is 74.1. The van der Waals surface area contributed by atoms with Gasteiger partial charge in [-0.2, -0.15) is 0 Å². The van der Waals surface area contributed by atoms with Crippen LogP contribution in [-0.2, 0) is 65.4 Å². The number of rotatable bonds is 83. The standard InChI is InChI=1S/C84H164O17P2/c1-7-9-11-13-15-17-19-20-21-22-23-24-32-38-44-50-56-62-68-83(88)101-80(73-95-82(87)67-61-55-49-43-37-31-27-25-29-35-40-46-52-58-64-76(3)4)75-99-103(92,93)97-71-78(85)70-96-102(90,91)98-74-79(72-94-81(86)66-60-54-48-42-34-18-16-14-12-10-8-2)100-84(89)69-63-57-51-45-39-33-28-26-30-36-41-47-53-59-65-77(5)6/h76-80,85H,7-75H2,1-6H3,(H,90,91)(H,92,93)/t78-,79+,80+/m0/s1. The van der Waals surface area contributed by atoms with Crippen LogP contribution in [0.25, 0.3) is 0 Å². The predicted molar refractivity (Wildman–Crippen MR) is 423 cm³/mol. The number of ether oxygens (including phenoxy) is 4. The molecule has 19 heteroatoms. The molecule has 0 heterocycles. The maximum atomic E-state index is 13.1. The molecule has 17 nitrogen and oxygen atoms in total. The van der Waals surface area contributed by atoms with E-state index in [4.69, 9.17) is 37.0 Å². The van der Waals surface area contributed by atoms with E-state index in [0.29, 0.717) is 25.7 Å². The molecule has 0 saturated carbocycles. The molecule has 2 unspecified atom stereocenters. The number of hydrogen-bond donors (Lipinski definition) is 3. The Morgan fingerprint density at radius 2 is 0.447 bits per heavy atom. The topological polar surface area (TPSA) is 237 Å². The lowest BCUT2D eigenvalue weighted by Gasteiger charge is -2.21. The largest absolute Gasteiger partial charge is 0.472 e. The van der Waals surface area contributed by atoms with Crippen LogP contribution in [0.4, 0.5) is 0 Å². The number of aliphatic hydroxyl groups is 1. The van der Waals surface area contributed by atoms with Gasteiger partial charge in [-0.1, -0.05) is 395 Å². The Morgan fingerprint density at radius 1 is 0.262 bits per heavy atom. The summed E-state index contributed by atoms with van der Waals surface area (Å²) in [6.45, 7) is 9.71. The highest BCUT2D eigenvalue weighted by Gasteiger charge is 2.30. The van der Waals surface area contributed by atoms with E-state index in [2.05, 4.69) is 41.5 Å². The summed E-state index contributed by atoms with van der Waals surface area (Å²) >= 11 is 0. The van der Waals surface area contributed by atoms with Crippen LogP contribution >= 0.6 is 15.6 Å². The number of carbonyl (C=O) groups is 4. The van der Waals surface area contributed by atoms with Gasteiger partial charge in [0.15, 0.2) is 12.2 Å². The second-order valence-corrected chi connectivity index (χ2v) is 34.1. The second-order valence-electron chi connectivity index (χ2n) is 31.2. The molecule has 0 bridgehead atoms. The maximum Gasteiger partial charge on any atom is 0.472 e. The predicted octanol–water partition coefficient (Wildman–Crippen LogP) is 25.5. The summed E-state index contributed by atoms with van der Waals surface area (Å²) in [4.78, 5) is 73.2. The van der Waals surface area contributed by atoms with Crippen LogP contribution in [0.1, 0.15) is 446 Å². The summed E-state index contributed by atoms with van der Waals surface area (Å²) in [5, 5.41) is 10.7. The van der Waals surface area contributed by atoms with Crippen LogP contribution in [0.5, 0.6) is 0 Å². The van der Waals surface area contributed by atoms with Crippen molar-refractivity contribution in [2.45, 2.75) is 464 Å². The zero-order valence-corrected chi connectivity index (χ0v) is 69.4. The minimum atomic E-state index is -4.96. The van der Waals surface area contributed by atoms with E-state index in [0.717, 1.165) is 102 Å². The number of aliphatic hydroxyl groups excluding tert-OH is 1. The van der Waals surface area contributed by atoms with Gasteiger partial charge in [0.05, 0.1) is 26.4 Å². The first-order chi connectivity index (χ1) is 49.9. The average Bonchev–Trinajstić information content (AvgIpc) is 0.925. The van der Waals surface area contributed by atoms with Gasteiger partial charge in [-0.25, -0.2) is 9.13 Å². The monoisotopic (exact) mass is 1510 g/mol. The van der Waals surface area contributed by atoms with Crippen LogP contribution in [0.3, 0.4) is 0 Å².